The number of aliphatic hydroxyl groups excluding tert-OH is 1. The SMILES string of the molecule is C.CC(C)[C@H](CN1CCC(C2CCC(Cl)CC2)C(C)(C)C1)NCC1CC(Br)CC(CO)C1.O.O.O.O. The molecule has 2 saturated carbocycles. The highest BCUT2D eigenvalue weighted by molar-refractivity contribution is 9.09. The van der Waals surface area contributed by atoms with Gasteiger partial charge >= 0.3 is 0 Å². The molecule has 4 unspecified atom stereocenters. The maximum Gasteiger partial charge on any atom is 0.0459 e. The molecule has 222 valence electrons. The lowest BCUT2D eigenvalue weighted by atomic mass is 9.64. The van der Waals surface area contributed by atoms with E-state index in [9.17, 15) is 5.11 Å². The smallest absolute Gasteiger partial charge is 0.0459 e. The van der Waals surface area contributed by atoms with Crippen LogP contribution in [0.4, 0.5) is 0 Å². The van der Waals surface area contributed by atoms with Gasteiger partial charge in [0.25, 0.3) is 0 Å². The molecular formula is C27H60BrClN2O5. The first-order valence-corrected chi connectivity index (χ1v) is 14.4. The zero-order valence-corrected chi connectivity index (χ0v) is 24.8. The zero-order chi connectivity index (χ0) is 22.6. The molecule has 7 nitrogen and oxygen atoms in total. The molecule has 0 aromatic carbocycles. The highest BCUT2D eigenvalue weighted by atomic mass is 79.9. The van der Waals surface area contributed by atoms with Crippen molar-refractivity contribution in [2.24, 2.45) is 35.0 Å². The number of likely N-dealkylation sites (tertiary alicyclic amines) is 1. The lowest BCUT2D eigenvalue weighted by Crippen LogP contribution is -2.53. The number of piperidine rings is 1. The van der Waals surface area contributed by atoms with Crippen molar-refractivity contribution in [2.45, 2.75) is 103 Å². The van der Waals surface area contributed by atoms with Crippen molar-refractivity contribution in [3.05, 3.63) is 0 Å². The van der Waals surface area contributed by atoms with Crippen LogP contribution in [0.15, 0.2) is 0 Å². The number of halogens is 2. The Morgan fingerprint density at radius 3 is 2.08 bits per heavy atom. The molecule has 0 bridgehead atoms. The van der Waals surface area contributed by atoms with E-state index in [0.29, 0.717) is 46.0 Å². The van der Waals surface area contributed by atoms with Crippen molar-refractivity contribution in [3.8, 4) is 0 Å². The van der Waals surface area contributed by atoms with E-state index >= 15 is 0 Å². The number of rotatable bonds is 8. The number of alkyl halides is 2. The van der Waals surface area contributed by atoms with Gasteiger partial charge in [0.1, 0.15) is 0 Å². The summed E-state index contributed by atoms with van der Waals surface area (Å²) in [6, 6.07) is 0.544. The molecule has 3 aliphatic rings. The molecule has 1 saturated heterocycles. The van der Waals surface area contributed by atoms with Crippen molar-refractivity contribution in [3.63, 3.8) is 0 Å². The third-order valence-corrected chi connectivity index (χ3v) is 9.88. The minimum atomic E-state index is 0. The van der Waals surface area contributed by atoms with Gasteiger partial charge in [0.15, 0.2) is 0 Å². The average Bonchev–Trinajstić information content (AvgIpc) is 2.70. The van der Waals surface area contributed by atoms with Crippen molar-refractivity contribution in [1.29, 1.82) is 0 Å². The molecule has 36 heavy (non-hydrogen) atoms. The van der Waals surface area contributed by atoms with Crippen LogP contribution in [0.1, 0.15) is 86.5 Å². The Morgan fingerprint density at radius 1 is 0.972 bits per heavy atom. The summed E-state index contributed by atoms with van der Waals surface area (Å²) >= 11 is 10.2. The van der Waals surface area contributed by atoms with Gasteiger partial charge in [0.05, 0.1) is 0 Å². The van der Waals surface area contributed by atoms with Crippen LogP contribution < -0.4 is 5.32 Å². The van der Waals surface area contributed by atoms with Gasteiger partial charge in [-0.3, -0.25) is 0 Å². The van der Waals surface area contributed by atoms with Gasteiger partial charge in [-0.2, -0.15) is 0 Å². The van der Waals surface area contributed by atoms with Crippen molar-refractivity contribution in [2.75, 3.05) is 32.8 Å². The van der Waals surface area contributed by atoms with Crippen LogP contribution >= 0.6 is 27.5 Å². The van der Waals surface area contributed by atoms with E-state index in [0.717, 1.165) is 31.3 Å². The summed E-state index contributed by atoms with van der Waals surface area (Å²) in [7, 11) is 0. The Kier molecular flexibility index (Phi) is 21.3. The van der Waals surface area contributed by atoms with Gasteiger partial charge < -0.3 is 37.2 Å². The normalized spacial score (nSPS) is 33.0. The van der Waals surface area contributed by atoms with Gasteiger partial charge in [-0.05, 0) is 99.5 Å². The van der Waals surface area contributed by atoms with Gasteiger partial charge in [0, 0.05) is 35.9 Å². The molecule has 0 radical (unpaired) electrons. The molecule has 0 amide bonds. The average molecular weight is 608 g/mol. The third-order valence-electron chi connectivity index (χ3n) is 8.69. The van der Waals surface area contributed by atoms with E-state index in [1.165, 1.54) is 58.0 Å². The third kappa shape index (κ3) is 11.7. The van der Waals surface area contributed by atoms with Crippen LogP contribution in [-0.4, -0.2) is 80.9 Å². The van der Waals surface area contributed by atoms with E-state index in [-0.39, 0.29) is 29.3 Å². The van der Waals surface area contributed by atoms with Gasteiger partial charge in [-0.1, -0.05) is 51.1 Å². The lowest BCUT2D eigenvalue weighted by Gasteiger charge is -2.49. The van der Waals surface area contributed by atoms with Gasteiger partial charge in [-0.15, -0.1) is 11.6 Å². The fraction of sp³-hybridized carbons (Fsp3) is 1.00. The van der Waals surface area contributed by atoms with Crippen LogP contribution in [0.5, 0.6) is 0 Å². The van der Waals surface area contributed by atoms with E-state index in [2.05, 4.69) is 53.8 Å². The van der Waals surface area contributed by atoms with Crippen molar-refractivity contribution >= 4 is 27.5 Å². The molecule has 3 fully saturated rings. The Hall–Kier alpha value is 0.490. The lowest BCUT2D eigenvalue weighted by molar-refractivity contribution is 0.00450. The van der Waals surface area contributed by atoms with E-state index < -0.39 is 0 Å². The Morgan fingerprint density at radius 2 is 1.56 bits per heavy atom. The van der Waals surface area contributed by atoms with Crippen LogP contribution in [0.25, 0.3) is 0 Å². The van der Waals surface area contributed by atoms with Crippen LogP contribution in [-0.2, 0) is 0 Å². The molecule has 10 N–H and O–H groups in total. The molecule has 0 aromatic rings. The molecule has 1 heterocycles. The van der Waals surface area contributed by atoms with Crippen molar-refractivity contribution < 1.29 is 27.0 Å². The highest BCUT2D eigenvalue weighted by Crippen LogP contribution is 2.45. The summed E-state index contributed by atoms with van der Waals surface area (Å²) in [6.45, 7) is 14.8. The summed E-state index contributed by atoms with van der Waals surface area (Å²) in [4.78, 5) is 3.31. The van der Waals surface area contributed by atoms with Crippen molar-refractivity contribution in [1.82, 2.24) is 10.2 Å². The fourth-order valence-electron chi connectivity index (χ4n) is 6.90. The van der Waals surface area contributed by atoms with Gasteiger partial charge in [0.2, 0.25) is 0 Å². The first-order chi connectivity index (χ1) is 14.7. The number of nitrogens with zero attached hydrogens (tertiary/aromatic N) is 1. The highest BCUT2D eigenvalue weighted by Gasteiger charge is 2.41. The molecule has 2 aliphatic carbocycles. The second kappa shape index (κ2) is 18.7. The minimum Gasteiger partial charge on any atom is -0.412 e. The van der Waals surface area contributed by atoms with E-state index in [1.807, 2.05) is 0 Å². The monoisotopic (exact) mass is 606 g/mol. The molecule has 1 aliphatic heterocycles. The first-order valence-electron chi connectivity index (χ1n) is 13.0. The Balaban J connectivity index is -0.00000218. The number of aliphatic hydroxyl groups is 1. The zero-order valence-electron chi connectivity index (χ0n) is 22.5. The van der Waals surface area contributed by atoms with Crippen LogP contribution in [0, 0.1) is 35.0 Å². The van der Waals surface area contributed by atoms with E-state index in [1.54, 1.807) is 0 Å². The molecule has 0 spiro atoms. The Labute approximate surface area is 234 Å². The standard InChI is InChI=1S/C26H48BrClN2O.CH4.4H2O/c1-18(2)25(29-14-19-11-20(16-31)13-22(27)12-19)15-30-10-9-24(26(3,4)17-30)21-5-7-23(28)8-6-21;;;;;/h18-25,29,31H,5-17H2,1-4H3;1H4;4*1H2/t19?,20?,21?,22?,23?,24?,25-;;;;;/m0...../s1. The molecular weight excluding hydrogens is 548 g/mol. The largest absolute Gasteiger partial charge is 0.412 e. The first kappa shape index (κ1) is 41.0. The van der Waals surface area contributed by atoms with E-state index in [4.69, 9.17) is 11.6 Å². The quantitative estimate of drug-likeness (QED) is 0.406. The van der Waals surface area contributed by atoms with Gasteiger partial charge in [-0.25, -0.2) is 0 Å². The summed E-state index contributed by atoms with van der Waals surface area (Å²) in [6.07, 6.45) is 9.98. The second-order valence-electron chi connectivity index (χ2n) is 12.1. The fourth-order valence-corrected chi connectivity index (χ4v) is 8.21. The summed E-state index contributed by atoms with van der Waals surface area (Å²) in [5, 5.41) is 14.0. The number of hydrogen-bond donors (Lipinski definition) is 2. The minimum absolute atomic E-state index is 0. The maximum absolute atomic E-state index is 9.63. The number of hydrogen-bond acceptors (Lipinski definition) is 3. The summed E-state index contributed by atoms with van der Waals surface area (Å²) in [5.41, 5.74) is 0.393. The molecule has 0 aromatic heterocycles. The van der Waals surface area contributed by atoms with Crippen LogP contribution in [0.3, 0.4) is 0 Å². The van der Waals surface area contributed by atoms with Crippen LogP contribution in [0.2, 0.25) is 0 Å². The summed E-state index contributed by atoms with van der Waals surface area (Å²) < 4.78 is 0. The molecule has 5 atom stereocenters. The topological polar surface area (TPSA) is 162 Å². The Bertz CT molecular complexity index is 552. The predicted molar refractivity (Wildman–Crippen MR) is 158 cm³/mol. The summed E-state index contributed by atoms with van der Waals surface area (Å²) in [5.74, 6) is 3.52. The molecule has 9 heteroatoms. The predicted octanol–water partition coefficient (Wildman–Crippen LogP) is 3.26. The second-order valence-corrected chi connectivity index (χ2v) is 14.0. The maximum atomic E-state index is 9.63. The molecule has 3 rings (SSSR count). The number of nitrogens with one attached hydrogen (secondary N) is 1.